The zero-order valence-corrected chi connectivity index (χ0v) is 15.0. The summed E-state index contributed by atoms with van der Waals surface area (Å²) >= 11 is 1.70. The van der Waals surface area contributed by atoms with Crippen molar-refractivity contribution in [3.8, 4) is 11.8 Å². The summed E-state index contributed by atoms with van der Waals surface area (Å²) in [6.07, 6.45) is 4.93. The van der Waals surface area contributed by atoms with E-state index < -0.39 is 0 Å². The van der Waals surface area contributed by atoms with Crippen LogP contribution >= 0.6 is 11.8 Å². The molecule has 0 atom stereocenters. The van der Waals surface area contributed by atoms with Crippen molar-refractivity contribution < 1.29 is 9.53 Å². The molecule has 25 heavy (non-hydrogen) atoms. The second-order valence-corrected chi connectivity index (χ2v) is 6.01. The molecule has 0 N–H and O–H groups in total. The topological polar surface area (TPSA) is 26.3 Å². The van der Waals surface area contributed by atoms with E-state index >= 15 is 0 Å². The molecule has 0 radical (unpaired) electrons. The Morgan fingerprint density at radius 3 is 2.44 bits per heavy atom. The summed E-state index contributed by atoms with van der Waals surface area (Å²) < 4.78 is 4.88. The Bertz CT molecular complexity index is 781. The van der Waals surface area contributed by atoms with E-state index in [0.717, 1.165) is 11.1 Å². The zero-order valence-electron chi connectivity index (χ0n) is 14.1. The molecular weight excluding hydrogens is 328 g/mol. The maximum Gasteiger partial charge on any atom is 0.330 e. The van der Waals surface area contributed by atoms with Gasteiger partial charge in [-0.15, -0.1) is 11.8 Å². The number of hydrogen-bond donors (Lipinski definition) is 0. The first-order valence-electron chi connectivity index (χ1n) is 8.07. The zero-order chi connectivity index (χ0) is 17.7. The molecule has 0 aromatic heterocycles. The smallest absolute Gasteiger partial charge is 0.330 e. The number of ether oxygens (including phenoxy) is 1. The van der Waals surface area contributed by atoms with Crippen LogP contribution in [-0.2, 0) is 9.53 Å². The molecule has 0 aliphatic rings. The monoisotopic (exact) mass is 348 g/mol. The van der Waals surface area contributed by atoms with Gasteiger partial charge in [-0.25, -0.2) is 4.79 Å². The molecule has 3 heteroatoms. The van der Waals surface area contributed by atoms with E-state index in [1.54, 1.807) is 24.8 Å². The number of allylic oxidation sites excluding steroid dienone is 3. The van der Waals surface area contributed by atoms with Gasteiger partial charge in [-0.1, -0.05) is 66.4 Å². The molecule has 0 fully saturated rings. The Labute approximate surface area is 153 Å². The van der Waals surface area contributed by atoms with E-state index in [0.29, 0.717) is 12.4 Å². The number of hydrogen-bond acceptors (Lipinski definition) is 3. The molecule has 0 saturated carbocycles. The highest BCUT2D eigenvalue weighted by Gasteiger charge is 1.97. The van der Waals surface area contributed by atoms with Crippen LogP contribution in [0.2, 0.25) is 0 Å². The van der Waals surface area contributed by atoms with Crippen LogP contribution in [0.4, 0.5) is 0 Å². The third-order valence-electron chi connectivity index (χ3n) is 3.14. The van der Waals surface area contributed by atoms with Crippen molar-refractivity contribution >= 4 is 23.3 Å². The molecule has 0 bridgehead atoms. The first-order chi connectivity index (χ1) is 12.3. The van der Waals surface area contributed by atoms with Crippen LogP contribution < -0.4 is 0 Å². The first-order valence-corrected chi connectivity index (χ1v) is 9.05. The lowest BCUT2D eigenvalue weighted by atomic mass is 10.1. The SMILES string of the molecule is CCOC(=O)/C=C/C=C(\C#CCSc1ccccc1)c1ccccc1. The van der Waals surface area contributed by atoms with Crippen molar-refractivity contribution in [1.29, 1.82) is 0 Å². The van der Waals surface area contributed by atoms with Crippen molar-refractivity contribution in [1.82, 2.24) is 0 Å². The first kappa shape index (κ1) is 18.6. The lowest BCUT2D eigenvalue weighted by molar-refractivity contribution is -0.137. The number of benzene rings is 2. The van der Waals surface area contributed by atoms with Gasteiger partial charge in [0.1, 0.15) is 0 Å². The summed E-state index contributed by atoms with van der Waals surface area (Å²) in [5, 5.41) is 0. The van der Waals surface area contributed by atoms with E-state index in [1.165, 1.54) is 11.0 Å². The number of carbonyl (C=O) groups is 1. The van der Waals surface area contributed by atoms with Crippen LogP contribution in [0.25, 0.3) is 5.57 Å². The summed E-state index contributed by atoms with van der Waals surface area (Å²) in [6, 6.07) is 20.1. The molecule has 2 aromatic rings. The van der Waals surface area contributed by atoms with Gasteiger partial charge in [-0.05, 0) is 30.7 Å². The normalized spacial score (nSPS) is 11.0. The Balaban J connectivity index is 2.07. The molecule has 2 rings (SSSR count). The number of carbonyl (C=O) groups excluding carboxylic acids is 1. The average Bonchev–Trinajstić information content (AvgIpc) is 2.65. The van der Waals surface area contributed by atoms with Crippen molar-refractivity contribution in [2.75, 3.05) is 12.4 Å². The quantitative estimate of drug-likeness (QED) is 0.242. The fourth-order valence-electron chi connectivity index (χ4n) is 2.01. The minimum absolute atomic E-state index is 0.348. The lowest BCUT2D eigenvalue weighted by Crippen LogP contribution is -1.98. The summed E-state index contributed by atoms with van der Waals surface area (Å²) in [6.45, 7) is 2.15. The van der Waals surface area contributed by atoms with Crippen LogP contribution in [0, 0.1) is 11.8 Å². The molecule has 2 nitrogen and oxygen atoms in total. The Morgan fingerprint density at radius 1 is 1.08 bits per heavy atom. The van der Waals surface area contributed by atoms with Gasteiger partial charge >= 0.3 is 5.97 Å². The van der Waals surface area contributed by atoms with Crippen molar-refractivity contribution in [3.63, 3.8) is 0 Å². The Hall–Kier alpha value is -2.70. The Morgan fingerprint density at radius 2 is 1.76 bits per heavy atom. The van der Waals surface area contributed by atoms with Crippen molar-refractivity contribution in [3.05, 3.63) is 84.5 Å². The highest BCUT2D eigenvalue weighted by molar-refractivity contribution is 7.99. The van der Waals surface area contributed by atoms with Gasteiger partial charge in [0.25, 0.3) is 0 Å². The van der Waals surface area contributed by atoms with Gasteiger partial charge < -0.3 is 4.74 Å². The summed E-state index contributed by atoms with van der Waals surface area (Å²) in [4.78, 5) is 12.6. The van der Waals surface area contributed by atoms with E-state index in [9.17, 15) is 4.79 Å². The van der Waals surface area contributed by atoms with Gasteiger partial charge in [0.2, 0.25) is 0 Å². The van der Waals surface area contributed by atoms with Crippen LogP contribution in [0.1, 0.15) is 12.5 Å². The number of thioether (sulfide) groups is 1. The predicted molar refractivity (Wildman–Crippen MR) is 105 cm³/mol. The van der Waals surface area contributed by atoms with Crippen LogP contribution in [0.5, 0.6) is 0 Å². The fraction of sp³-hybridized carbons (Fsp3) is 0.136. The molecule has 0 spiro atoms. The van der Waals surface area contributed by atoms with Gasteiger partial charge in [0.15, 0.2) is 0 Å². The van der Waals surface area contributed by atoms with Gasteiger partial charge in [-0.2, -0.15) is 0 Å². The van der Waals surface area contributed by atoms with E-state index in [-0.39, 0.29) is 5.97 Å². The van der Waals surface area contributed by atoms with Gasteiger partial charge in [-0.3, -0.25) is 0 Å². The molecule has 0 aliphatic heterocycles. The fourth-order valence-corrected chi connectivity index (χ4v) is 2.67. The lowest BCUT2D eigenvalue weighted by Gasteiger charge is -1.99. The molecule has 2 aromatic carbocycles. The molecule has 0 saturated heterocycles. The third-order valence-corrected chi connectivity index (χ3v) is 4.04. The maximum absolute atomic E-state index is 11.4. The van der Waals surface area contributed by atoms with Crippen molar-refractivity contribution in [2.45, 2.75) is 11.8 Å². The minimum Gasteiger partial charge on any atom is -0.463 e. The average molecular weight is 348 g/mol. The van der Waals surface area contributed by atoms with Crippen molar-refractivity contribution in [2.24, 2.45) is 0 Å². The molecular formula is C22H20O2S. The van der Waals surface area contributed by atoms with E-state index in [4.69, 9.17) is 4.74 Å². The number of rotatable bonds is 6. The summed E-state index contributed by atoms with van der Waals surface area (Å²) in [5.41, 5.74) is 1.89. The van der Waals surface area contributed by atoms with Gasteiger partial charge in [0.05, 0.1) is 12.4 Å². The third kappa shape index (κ3) is 7.15. The summed E-state index contributed by atoms with van der Waals surface area (Å²) in [5.74, 6) is 6.75. The molecule has 0 unspecified atom stereocenters. The molecule has 0 amide bonds. The second-order valence-electron chi connectivity index (χ2n) is 4.96. The minimum atomic E-state index is -0.348. The van der Waals surface area contributed by atoms with E-state index in [2.05, 4.69) is 24.0 Å². The van der Waals surface area contributed by atoms with Crippen LogP contribution in [0.15, 0.2) is 83.8 Å². The number of esters is 1. The largest absolute Gasteiger partial charge is 0.463 e. The van der Waals surface area contributed by atoms with Crippen LogP contribution in [0.3, 0.4) is 0 Å². The van der Waals surface area contributed by atoms with Crippen LogP contribution in [-0.4, -0.2) is 18.3 Å². The second kappa shape index (κ2) is 11.0. The highest BCUT2D eigenvalue weighted by Crippen LogP contribution is 2.17. The molecule has 126 valence electrons. The Kier molecular flexibility index (Phi) is 8.17. The molecule has 0 aliphatic carbocycles. The predicted octanol–water partition coefficient (Wildman–Crippen LogP) is 4.99. The highest BCUT2D eigenvalue weighted by atomic mass is 32.2. The summed E-state index contributed by atoms with van der Waals surface area (Å²) in [7, 11) is 0. The standard InChI is InChI=1S/C22H20O2S/c1-2-24-22(23)17-9-13-20(19-11-5-3-6-12-19)14-10-18-25-21-15-7-4-8-16-21/h3-9,11-13,15-17H,2,18H2,1H3/b17-9+,20-13+. The van der Waals surface area contributed by atoms with E-state index in [1.807, 2.05) is 54.6 Å². The maximum atomic E-state index is 11.4. The van der Waals surface area contributed by atoms with Gasteiger partial charge in [0, 0.05) is 16.5 Å². The molecule has 0 heterocycles.